The Morgan fingerprint density at radius 2 is 1.26 bits per heavy atom. The van der Waals surface area contributed by atoms with E-state index < -0.39 is 47.7 Å². The third-order valence-corrected chi connectivity index (χ3v) is 6.21. The normalized spacial score (nSPS) is 17.6. The number of carbonyl (C=O) groups excluding carboxylic acids is 2. The van der Waals surface area contributed by atoms with Crippen LogP contribution in [0.2, 0.25) is 0 Å². The van der Waals surface area contributed by atoms with Gasteiger partial charge in [0.1, 0.15) is 28.8 Å². The molecule has 0 saturated carbocycles. The standard InChI is InChI=1S/C27H14BF4O6/c1-13-2-5-17(20(30)10-13)18-7-9-23-24(25(18)32)27(34)38-28(36-23)35-22-8-3-14(11-19(22)26(33)37-28)16-6-4-15(29)12-21(16)31/h2-12H,1H3/q-1. The molecule has 4 aromatic carbocycles. The molecule has 2 aliphatic heterocycles. The van der Waals surface area contributed by atoms with Crippen molar-refractivity contribution < 1.29 is 45.8 Å². The fourth-order valence-corrected chi connectivity index (χ4v) is 4.42. The smallest absolute Gasteiger partial charge is 0.610 e. The van der Waals surface area contributed by atoms with E-state index in [0.717, 1.165) is 6.07 Å². The van der Waals surface area contributed by atoms with Gasteiger partial charge in [0, 0.05) is 22.8 Å². The lowest BCUT2D eigenvalue weighted by molar-refractivity contribution is 0.0173. The predicted octanol–water partition coefficient (Wildman–Crippen LogP) is 6.12. The Morgan fingerprint density at radius 1 is 0.605 bits per heavy atom. The van der Waals surface area contributed by atoms with Gasteiger partial charge in [0.25, 0.3) is 0 Å². The molecule has 1 atom stereocenters. The van der Waals surface area contributed by atoms with Crippen molar-refractivity contribution in [3.63, 3.8) is 0 Å². The molecule has 0 radical (unpaired) electrons. The van der Waals surface area contributed by atoms with E-state index in [0.29, 0.717) is 11.6 Å². The summed E-state index contributed by atoms with van der Waals surface area (Å²) < 4.78 is 78.8. The van der Waals surface area contributed by atoms with E-state index in [-0.39, 0.29) is 39.3 Å². The van der Waals surface area contributed by atoms with Crippen molar-refractivity contribution in [3.05, 3.63) is 107 Å². The summed E-state index contributed by atoms with van der Waals surface area (Å²) in [5.41, 5.74) is -0.144. The second-order valence-corrected chi connectivity index (χ2v) is 8.74. The van der Waals surface area contributed by atoms with E-state index in [1.165, 1.54) is 48.5 Å². The van der Waals surface area contributed by atoms with Crippen LogP contribution in [0, 0.1) is 30.2 Å². The number of fused-ring (bicyclic) bond motifs is 2. The SMILES string of the molecule is Cc1ccc(-c2ccc3c(c2F)C(=O)O[B-]2(OC(=O)c4cc(-c5ccc(F)cc5F)ccc4O2)O3)c(F)c1. The molecule has 0 amide bonds. The van der Waals surface area contributed by atoms with Crippen LogP contribution in [0.25, 0.3) is 22.3 Å². The molecule has 0 fully saturated rings. The largest absolute Gasteiger partial charge is 0.781 e. The first-order valence-electron chi connectivity index (χ1n) is 11.3. The van der Waals surface area contributed by atoms with E-state index in [9.17, 15) is 22.8 Å². The van der Waals surface area contributed by atoms with Crippen molar-refractivity contribution in [1.82, 2.24) is 0 Å². The zero-order chi connectivity index (χ0) is 26.8. The maximum absolute atomic E-state index is 15.4. The molecule has 0 aromatic heterocycles. The van der Waals surface area contributed by atoms with Gasteiger partial charge in [-0.15, -0.1) is 0 Å². The Kier molecular flexibility index (Phi) is 5.20. The van der Waals surface area contributed by atoms with Crippen LogP contribution < -0.4 is 9.31 Å². The maximum Gasteiger partial charge on any atom is 0.781 e. The van der Waals surface area contributed by atoms with Crippen molar-refractivity contribution in [1.29, 1.82) is 0 Å². The van der Waals surface area contributed by atoms with E-state index in [1.54, 1.807) is 13.0 Å². The average molecular weight is 521 g/mol. The van der Waals surface area contributed by atoms with Crippen LogP contribution in [0.5, 0.6) is 11.5 Å². The molecule has 2 aliphatic rings. The van der Waals surface area contributed by atoms with E-state index in [2.05, 4.69) is 0 Å². The van der Waals surface area contributed by atoms with Crippen LogP contribution in [-0.2, 0) is 9.31 Å². The lowest BCUT2D eigenvalue weighted by Gasteiger charge is -2.45. The summed E-state index contributed by atoms with van der Waals surface area (Å²) in [5.74, 6) is -6.10. The fourth-order valence-electron chi connectivity index (χ4n) is 4.42. The van der Waals surface area contributed by atoms with Gasteiger partial charge in [-0.2, -0.15) is 0 Å². The first-order chi connectivity index (χ1) is 18.1. The molecule has 6 rings (SSSR count). The second kappa shape index (κ2) is 8.37. The van der Waals surface area contributed by atoms with Crippen molar-refractivity contribution in [2.75, 3.05) is 0 Å². The highest BCUT2D eigenvalue weighted by Crippen LogP contribution is 2.41. The molecule has 6 nitrogen and oxygen atoms in total. The van der Waals surface area contributed by atoms with Crippen molar-refractivity contribution in [3.8, 4) is 33.8 Å². The Morgan fingerprint density at radius 3 is 2.03 bits per heavy atom. The summed E-state index contributed by atoms with van der Waals surface area (Å²) in [6.07, 6.45) is 0. The quantitative estimate of drug-likeness (QED) is 0.234. The summed E-state index contributed by atoms with van der Waals surface area (Å²) in [7, 11) is 0. The van der Waals surface area contributed by atoms with Crippen molar-refractivity contribution >= 4 is 18.9 Å². The lowest BCUT2D eigenvalue weighted by Crippen LogP contribution is -2.61. The maximum atomic E-state index is 15.4. The number of hydrogen-bond donors (Lipinski definition) is 0. The fraction of sp³-hybridized carbons (Fsp3) is 0.0370. The minimum atomic E-state index is -3.51. The predicted molar refractivity (Wildman–Crippen MR) is 126 cm³/mol. The number of rotatable bonds is 2. The summed E-state index contributed by atoms with van der Waals surface area (Å²) in [4.78, 5) is 25.7. The highest BCUT2D eigenvalue weighted by atomic mass is 19.1. The summed E-state index contributed by atoms with van der Waals surface area (Å²) >= 11 is 0. The Labute approximate surface area is 212 Å². The molecule has 2 heterocycles. The van der Waals surface area contributed by atoms with Gasteiger partial charge < -0.3 is 18.6 Å². The zero-order valence-electron chi connectivity index (χ0n) is 19.4. The molecule has 190 valence electrons. The van der Waals surface area contributed by atoms with Crippen LogP contribution in [0.4, 0.5) is 17.6 Å². The Bertz CT molecular complexity index is 1690. The molecule has 11 heteroatoms. The Hall–Kier alpha value is -4.80. The van der Waals surface area contributed by atoms with Crippen LogP contribution >= 0.6 is 0 Å². The number of hydrogen-bond acceptors (Lipinski definition) is 6. The molecule has 4 aromatic rings. The van der Waals surface area contributed by atoms with Gasteiger partial charge in [0.05, 0.1) is 17.1 Å². The van der Waals surface area contributed by atoms with Crippen molar-refractivity contribution in [2.45, 2.75) is 6.92 Å². The van der Waals surface area contributed by atoms with Crippen LogP contribution in [0.1, 0.15) is 26.3 Å². The number of aryl methyl sites for hydroxylation is 1. The first kappa shape index (κ1) is 23.6. The van der Waals surface area contributed by atoms with E-state index in [4.69, 9.17) is 18.6 Å². The number of halogens is 4. The molecule has 0 N–H and O–H groups in total. The second-order valence-electron chi connectivity index (χ2n) is 8.74. The first-order valence-corrected chi connectivity index (χ1v) is 11.3. The molecular formula is C27H14BF4O6-. The highest BCUT2D eigenvalue weighted by Gasteiger charge is 2.53. The van der Waals surface area contributed by atoms with Gasteiger partial charge in [0.15, 0.2) is 0 Å². The molecular weight excluding hydrogens is 507 g/mol. The number of benzene rings is 4. The highest BCUT2D eigenvalue weighted by molar-refractivity contribution is 6.61. The summed E-state index contributed by atoms with van der Waals surface area (Å²) in [5, 5.41) is 0. The minimum absolute atomic E-state index is 0.0263. The molecule has 0 bridgehead atoms. The van der Waals surface area contributed by atoms with Gasteiger partial charge in [-0.05, 0) is 60.5 Å². The Balaban J connectivity index is 1.34. The van der Waals surface area contributed by atoms with Crippen LogP contribution in [0.3, 0.4) is 0 Å². The van der Waals surface area contributed by atoms with Crippen molar-refractivity contribution in [2.24, 2.45) is 0 Å². The molecule has 0 aliphatic carbocycles. The van der Waals surface area contributed by atoms with Gasteiger partial charge in [-0.25, -0.2) is 17.6 Å². The van der Waals surface area contributed by atoms with Gasteiger partial charge in [-0.1, -0.05) is 18.2 Å². The molecule has 0 saturated heterocycles. The lowest BCUT2D eigenvalue weighted by atomic mass is 9.93. The topological polar surface area (TPSA) is 71.1 Å². The van der Waals surface area contributed by atoms with Gasteiger partial charge in [0.2, 0.25) is 0 Å². The van der Waals surface area contributed by atoms with E-state index in [1.807, 2.05) is 0 Å². The molecule has 1 unspecified atom stereocenters. The monoisotopic (exact) mass is 521 g/mol. The average Bonchev–Trinajstić information content (AvgIpc) is 2.84. The van der Waals surface area contributed by atoms with Crippen LogP contribution in [-0.4, -0.2) is 18.9 Å². The summed E-state index contributed by atoms with van der Waals surface area (Å²) in [6, 6.07) is 13.6. The van der Waals surface area contributed by atoms with Gasteiger partial charge >= 0.3 is 18.9 Å². The third kappa shape index (κ3) is 3.74. The molecule has 1 spiro atoms. The zero-order valence-corrected chi connectivity index (χ0v) is 19.4. The molecule has 38 heavy (non-hydrogen) atoms. The number of carbonyl (C=O) groups is 2. The summed E-state index contributed by atoms with van der Waals surface area (Å²) in [6.45, 7) is -1.84. The van der Waals surface area contributed by atoms with Gasteiger partial charge in [-0.3, -0.25) is 9.59 Å². The minimum Gasteiger partial charge on any atom is -0.610 e. The third-order valence-electron chi connectivity index (χ3n) is 6.21. The van der Waals surface area contributed by atoms with Crippen LogP contribution in [0.15, 0.2) is 66.7 Å². The van der Waals surface area contributed by atoms with E-state index >= 15 is 4.39 Å².